The first kappa shape index (κ1) is 22.4. The molecule has 9 heteroatoms. The van der Waals surface area contributed by atoms with E-state index in [2.05, 4.69) is 26.5 Å². The molecule has 1 fully saturated rings. The monoisotopic (exact) mass is 489 g/mol. The molecule has 3 aromatic heterocycles. The Bertz CT molecular complexity index is 1690. The number of carbonyl (C=O) groups is 1. The number of fused-ring (bicyclic) bond motifs is 1. The first-order valence-electron chi connectivity index (χ1n) is 11.7. The van der Waals surface area contributed by atoms with E-state index in [-0.39, 0.29) is 5.91 Å². The van der Waals surface area contributed by atoms with Gasteiger partial charge in [0, 0.05) is 35.8 Å². The second kappa shape index (κ2) is 8.56. The SMILES string of the molecule is C=C1CN(c2ccc(-c3c(-c4ccc(Oc5nccc(C)n5)cc4)c4c(N)ncnc4n3C)cc2)C1=O. The van der Waals surface area contributed by atoms with Crippen molar-refractivity contribution in [3.63, 3.8) is 0 Å². The smallest absolute Gasteiger partial charge is 0.322 e. The van der Waals surface area contributed by atoms with Crippen molar-refractivity contribution < 1.29 is 9.53 Å². The largest absolute Gasteiger partial charge is 0.424 e. The molecule has 2 N–H and O–H groups in total. The normalized spacial score (nSPS) is 13.2. The zero-order valence-corrected chi connectivity index (χ0v) is 20.3. The van der Waals surface area contributed by atoms with Gasteiger partial charge in [0.1, 0.15) is 23.5 Å². The molecule has 5 aromatic rings. The highest BCUT2D eigenvalue weighted by atomic mass is 16.5. The lowest BCUT2D eigenvalue weighted by Crippen LogP contribution is -2.45. The molecular weight excluding hydrogens is 466 g/mol. The van der Waals surface area contributed by atoms with E-state index in [0.29, 0.717) is 29.7 Å². The summed E-state index contributed by atoms with van der Waals surface area (Å²) >= 11 is 0. The molecule has 1 aliphatic heterocycles. The maximum Gasteiger partial charge on any atom is 0.322 e. The zero-order valence-electron chi connectivity index (χ0n) is 20.3. The minimum Gasteiger partial charge on any atom is -0.424 e. The molecule has 0 bridgehead atoms. The molecule has 9 nitrogen and oxygen atoms in total. The molecule has 182 valence electrons. The van der Waals surface area contributed by atoms with Gasteiger partial charge in [-0.05, 0) is 48.4 Å². The van der Waals surface area contributed by atoms with E-state index in [0.717, 1.165) is 44.8 Å². The van der Waals surface area contributed by atoms with Gasteiger partial charge in [-0.1, -0.05) is 30.8 Å². The fourth-order valence-electron chi connectivity index (χ4n) is 4.60. The minimum atomic E-state index is -0.0422. The molecule has 37 heavy (non-hydrogen) atoms. The summed E-state index contributed by atoms with van der Waals surface area (Å²) in [5, 5.41) is 0.772. The zero-order chi connectivity index (χ0) is 25.7. The first-order valence-corrected chi connectivity index (χ1v) is 11.7. The van der Waals surface area contributed by atoms with Crippen LogP contribution in [-0.2, 0) is 11.8 Å². The van der Waals surface area contributed by atoms with Crippen LogP contribution in [0.1, 0.15) is 5.69 Å². The number of hydrogen-bond donors (Lipinski definition) is 1. The van der Waals surface area contributed by atoms with Crippen LogP contribution in [0.3, 0.4) is 0 Å². The average molecular weight is 490 g/mol. The second-order valence-corrected chi connectivity index (χ2v) is 8.89. The van der Waals surface area contributed by atoms with Gasteiger partial charge in [-0.3, -0.25) is 4.79 Å². The topological polar surface area (TPSA) is 112 Å². The van der Waals surface area contributed by atoms with Gasteiger partial charge in [-0.2, -0.15) is 0 Å². The van der Waals surface area contributed by atoms with Crippen LogP contribution in [0.25, 0.3) is 33.4 Å². The summed E-state index contributed by atoms with van der Waals surface area (Å²) in [7, 11) is 1.96. The number of nitrogen functional groups attached to an aromatic ring is 1. The maximum atomic E-state index is 12.1. The number of rotatable bonds is 5. The number of nitrogens with two attached hydrogens (primary N) is 1. The summed E-state index contributed by atoms with van der Waals surface area (Å²) in [5.41, 5.74) is 13.1. The number of aromatic nitrogens is 5. The highest BCUT2D eigenvalue weighted by molar-refractivity contribution is 6.13. The van der Waals surface area contributed by atoms with Crippen molar-refractivity contribution in [2.75, 3.05) is 17.2 Å². The Morgan fingerprint density at radius 3 is 2.38 bits per heavy atom. The van der Waals surface area contributed by atoms with E-state index in [1.807, 2.05) is 73.1 Å². The Morgan fingerprint density at radius 2 is 1.70 bits per heavy atom. The summed E-state index contributed by atoms with van der Waals surface area (Å²) in [5.74, 6) is 0.974. The third-order valence-electron chi connectivity index (χ3n) is 6.47. The summed E-state index contributed by atoms with van der Waals surface area (Å²) in [6, 6.07) is 17.7. The lowest BCUT2D eigenvalue weighted by Gasteiger charge is -2.32. The number of amides is 1. The number of carbonyl (C=O) groups excluding carboxylic acids is 1. The fourth-order valence-corrected chi connectivity index (χ4v) is 4.60. The number of hydrogen-bond acceptors (Lipinski definition) is 7. The fraction of sp³-hybridized carbons (Fsp3) is 0.107. The van der Waals surface area contributed by atoms with Gasteiger partial charge in [0.05, 0.1) is 17.6 Å². The number of ether oxygens (including phenoxy) is 1. The molecule has 0 saturated carbocycles. The average Bonchev–Trinajstić information content (AvgIpc) is 3.21. The van der Waals surface area contributed by atoms with Crippen molar-refractivity contribution in [1.29, 1.82) is 0 Å². The molecule has 6 rings (SSSR count). The second-order valence-electron chi connectivity index (χ2n) is 8.89. The Balaban J connectivity index is 1.43. The summed E-state index contributed by atoms with van der Waals surface area (Å²) in [6.07, 6.45) is 3.13. The predicted molar refractivity (Wildman–Crippen MR) is 142 cm³/mol. The quantitative estimate of drug-likeness (QED) is 0.282. The molecule has 0 atom stereocenters. The highest BCUT2D eigenvalue weighted by Crippen LogP contribution is 2.42. The Morgan fingerprint density at radius 1 is 0.973 bits per heavy atom. The Hall–Kier alpha value is -5.05. The summed E-state index contributed by atoms with van der Waals surface area (Å²) in [4.78, 5) is 31.0. The van der Waals surface area contributed by atoms with Crippen LogP contribution in [0.2, 0.25) is 0 Å². The third kappa shape index (κ3) is 3.77. The number of β-lactam (4-membered cyclic amide) rings is 1. The van der Waals surface area contributed by atoms with Crippen molar-refractivity contribution in [3.8, 4) is 34.1 Å². The predicted octanol–water partition coefficient (Wildman–Crippen LogP) is 4.68. The van der Waals surface area contributed by atoms with Crippen LogP contribution in [0, 0.1) is 6.92 Å². The van der Waals surface area contributed by atoms with Crippen molar-refractivity contribution in [1.82, 2.24) is 24.5 Å². The van der Waals surface area contributed by atoms with E-state index in [1.54, 1.807) is 11.1 Å². The van der Waals surface area contributed by atoms with Crippen molar-refractivity contribution >= 4 is 28.4 Å². The number of anilines is 2. The van der Waals surface area contributed by atoms with E-state index in [1.165, 1.54) is 6.33 Å². The van der Waals surface area contributed by atoms with E-state index in [4.69, 9.17) is 10.5 Å². The summed E-state index contributed by atoms with van der Waals surface area (Å²) < 4.78 is 7.85. The van der Waals surface area contributed by atoms with Crippen molar-refractivity contribution in [2.45, 2.75) is 6.92 Å². The van der Waals surface area contributed by atoms with Crippen LogP contribution in [-0.4, -0.2) is 37.0 Å². The van der Waals surface area contributed by atoms with Crippen LogP contribution in [0.15, 0.2) is 79.3 Å². The molecule has 4 heterocycles. The van der Waals surface area contributed by atoms with Crippen LogP contribution >= 0.6 is 0 Å². The molecule has 0 spiro atoms. The van der Waals surface area contributed by atoms with Gasteiger partial charge in [-0.25, -0.2) is 19.9 Å². The molecular formula is C28H23N7O2. The molecule has 1 saturated heterocycles. The minimum absolute atomic E-state index is 0.0422. The Labute approximate surface area is 212 Å². The molecule has 2 aromatic carbocycles. The standard InChI is InChI=1S/C28H23N7O2/c1-16-14-35(27(16)36)20-8-4-19(5-9-20)24-22(23-25(29)31-15-32-26(23)34(24)3)18-6-10-21(11-7-18)37-28-30-13-12-17(2)33-28/h4-13,15H,1,14H2,2-3H3,(H2,29,31,32). The van der Waals surface area contributed by atoms with E-state index >= 15 is 0 Å². The third-order valence-corrected chi connectivity index (χ3v) is 6.47. The van der Waals surface area contributed by atoms with Gasteiger partial charge in [0.15, 0.2) is 0 Å². The van der Waals surface area contributed by atoms with Gasteiger partial charge in [-0.15, -0.1) is 0 Å². The van der Waals surface area contributed by atoms with Crippen LogP contribution < -0.4 is 15.4 Å². The van der Waals surface area contributed by atoms with Gasteiger partial charge in [0.25, 0.3) is 5.91 Å². The lowest BCUT2D eigenvalue weighted by atomic mass is 9.98. The number of benzene rings is 2. The molecule has 1 amide bonds. The molecule has 0 aliphatic carbocycles. The van der Waals surface area contributed by atoms with E-state index in [9.17, 15) is 4.79 Å². The first-order chi connectivity index (χ1) is 17.9. The molecule has 0 radical (unpaired) electrons. The Kier molecular flexibility index (Phi) is 5.19. The van der Waals surface area contributed by atoms with Crippen molar-refractivity contribution in [2.24, 2.45) is 7.05 Å². The van der Waals surface area contributed by atoms with Crippen molar-refractivity contribution in [3.05, 3.63) is 85.0 Å². The van der Waals surface area contributed by atoms with Gasteiger partial charge >= 0.3 is 6.01 Å². The van der Waals surface area contributed by atoms with Crippen LogP contribution in [0.5, 0.6) is 11.8 Å². The lowest BCUT2D eigenvalue weighted by molar-refractivity contribution is -0.117. The van der Waals surface area contributed by atoms with E-state index < -0.39 is 0 Å². The molecule has 0 unspecified atom stereocenters. The molecule has 1 aliphatic rings. The van der Waals surface area contributed by atoms with Crippen LogP contribution in [0.4, 0.5) is 11.5 Å². The maximum absolute atomic E-state index is 12.1. The number of nitrogens with zero attached hydrogens (tertiary/aromatic N) is 6. The van der Waals surface area contributed by atoms with Gasteiger partial charge in [0.2, 0.25) is 0 Å². The number of aryl methyl sites for hydroxylation is 2. The highest BCUT2D eigenvalue weighted by Gasteiger charge is 2.30. The van der Waals surface area contributed by atoms with Gasteiger partial charge < -0.3 is 19.9 Å². The summed E-state index contributed by atoms with van der Waals surface area (Å²) in [6.45, 7) is 6.20.